The van der Waals surface area contributed by atoms with Gasteiger partial charge in [-0.2, -0.15) is 11.8 Å². The monoisotopic (exact) mass is 273 g/mol. The zero-order valence-corrected chi connectivity index (χ0v) is 12.7. The summed E-state index contributed by atoms with van der Waals surface area (Å²) in [5.74, 6) is 1.54. The molecule has 0 aromatic rings. The highest BCUT2D eigenvalue weighted by Gasteiger charge is 2.38. The molecule has 0 aromatic carbocycles. The topological polar surface area (TPSA) is 49.3 Å². The van der Waals surface area contributed by atoms with Gasteiger partial charge < -0.3 is 10.4 Å². The Morgan fingerprint density at radius 2 is 2.06 bits per heavy atom. The number of carbonyl (C=O) groups is 1. The van der Waals surface area contributed by atoms with Gasteiger partial charge in [-0.3, -0.25) is 4.79 Å². The molecule has 0 spiro atoms. The normalized spacial score (nSPS) is 18.9. The Bertz CT molecular complexity index is 257. The molecule has 2 N–H and O–H groups in total. The Balaban J connectivity index is 2.55. The number of aliphatic hydroxyl groups excluding tert-OH is 1. The predicted molar refractivity (Wildman–Crippen MR) is 77.8 cm³/mol. The van der Waals surface area contributed by atoms with Crippen LogP contribution in [-0.2, 0) is 4.79 Å². The van der Waals surface area contributed by atoms with Crippen molar-refractivity contribution in [1.82, 2.24) is 5.32 Å². The number of thioether (sulfide) groups is 1. The van der Waals surface area contributed by atoms with Gasteiger partial charge in [-0.25, -0.2) is 0 Å². The fourth-order valence-corrected chi connectivity index (χ4v) is 3.41. The lowest BCUT2D eigenvalue weighted by atomic mass is 9.77. The van der Waals surface area contributed by atoms with E-state index in [-0.39, 0.29) is 24.0 Å². The number of nitrogens with one attached hydrogen (secondary N) is 1. The summed E-state index contributed by atoms with van der Waals surface area (Å²) in [6.45, 7) is 4.26. The molecule has 0 aliphatic heterocycles. The number of amides is 1. The van der Waals surface area contributed by atoms with Crippen molar-refractivity contribution in [1.29, 1.82) is 0 Å². The average Bonchev–Trinajstić information content (AvgIpc) is 2.83. The second kappa shape index (κ2) is 7.39. The van der Waals surface area contributed by atoms with Crippen molar-refractivity contribution < 1.29 is 9.90 Å². The van der Waals surface area contributed by atoms with Gasteiger partial charge in [-0.15, -0.1) is 0 Å². The summed E-state index contributed by atoms with van der Waals surface area (Å²) in [6, 6.07) is 0.0955. The maximum Gasteiger partial charge on any atom is 0.226 e. The highest BCUT2D eigenvalue weighted by atomic mass is 32.2. The van der Waals surface area contributed by atoms with Gasteiger partial charge in [0.05, 0.1) is 0 Å². The van der Waals surface area contributed by atoms with E-state index in [1.165, 1.54) is 25.7 Å². The van der Waals surface area contributed by atoms with Crippen molar-refractivity contribution in [2.24, 2.45) is 11.3 Å². The van der Waals surface area contributed by atoms with Crippen LogP contribution in [0.2, 0.25) is 0 Å². The molecule has 0 heterocycles. The van der Waals surface area contributed by atoms with E-state index in [0.717, 1.165) is 5.75 Å². The Kier molecular flexibility index (Phi) is 6.50. The van der Waals surface area contributed by atoms with E-state index < -0.39 is 0 Å². The molecule has 1 amide bonds. The molecule has 3 nitrogen and oxygen atoms in total. The van der Waals surface area contributed by atoms with Gasteiger partial charge in [0.15, 0.2) is 0 Å². The van der Waals surface area contributed by atoms with Crippen molar-refractivity contribution in [3.05, 3.63) is 0 Å². The van der Waals surface area contributed by atoms with Gasteiger partial charge in [0.1, 0.15) is 0 Å². The molecule has 106 valence electrons. The molecule has 0 saturated heterocycles. The number of rotatable bonds is 7. The molecule has 0 aromatic heterocycles. The summed E-state index contributed by atoms with van der Waals surface area (Å²) >= 11 is 1.71. The van der Waals surface area contributed by atoms with Gasteiger partial charge in [-0.1, -0.05) is 26.7 Å². The van der Waals surface area contributed by atoms with Crippen LogP contribution in [0.25, 0.3) is 0 Å². The fourth-order valence-electron chi connectivity index (χ4n) is 2.76. The summed E-state index contributed by atoms with van der Waals surface area (Å²) in [4.78, 5) is 12.4. The quantitative estimate of drug-likeness (QED) is 0.749. The van der Waals surface area contributed by atoms with E-state index in [9.17, 15) is 4.79 Å². The maximum absolute atomic E-state index is 12.4. The molecule has 0 radical (unpaired) electrons. The van der Waals surface area contributed by atoms with E-state index in [1.54, 1.807) is 11.8 Å². The van der Waals surface area contributed by atoms with E-state index in [4.69, 9.17) is 5.11 Å². The molecular formula is C14H27NO2S. The first-order valence-corrected chi connectivity index (χ1v) is 8.32. The SMILES string of the molecule is CSCC(CCO)NC(=O)C(C)(C)C1CCCC1. The number of carbonyl (C=O) groups excluding carboxylic acids is 1. The Hall–Kier alpha value is -0.220. The molecule has 1 fully saturated rings. The van der Waals surface area contributed by atoms with Gasteiger partial charge >= 0.3 is 0 Å². The molecule has 18 heavy (non-hydrogen) atoms. The smallest absolute Gasteiger partial charge is 0.226 e. The third-order valence-electron chi connectivity index (χ3n) is 4.14. The predicted octanol–water partition coefficient (Wildman–Crippen LogP) is 2.43. The van der Waals surface area contributed by atoms with Gasteiger partial charge in [-0.05, 0) is 31.4 Å². The van der Waals surface area contributed by atoms with Gasteiger partial charge in [0, 0.05) is 23.8 Å². The molecular weight excluding hydrogens is 246 g/mol. The summed E-state index contributed by atoms with van der Waals surface area (Å²) < 4.78 is 0. The van der Waals surface area contributed by atoms with Crippen molar-refractivity contribution in [2.75, 3.05) is 18.6 Å². The zero-order chi connectivity index (χ0) is 13.6. The van der Waals surface area contributed by atoms with E-state index in [1.807, 2.05) is 6.26 Å². The zero-order valence-electron chi connectivity index (χ0n) is 11.9. The summed E-state index contributed by atoms with van der Waals surface area (Å²) in [5.41, 5.74) is -0.275. The first-order valence-electron chi connectivity index (χ1n) is 6.93. The minimum Gasteiger partial charge on any atom is -0.396 e. The number of hydrogen-bond donors (Lipinski definition) is 2. The van der Waals surface area contributed by atoms with Crippen molar-refractivity contribution in [2.45, 2.75) is 52.0 Å². The van der Waals surface area contributed by atoms with Crippen molar-refractivity contribution in [3.8, 4) is 0 Å². The fraction of sp³-hybridized carbons (Fsp3) is 0.929. The first kappa shape index (κ1) is 15.8. The van der Waals surface area contributed by atoms with Crippen LogP contribution in [-0.4, -0.2) is 35.7 Å². The van der Waals surface area contributed by atoms with Gasteiger partial charge in [0.2, 0.25) is 5.91 Å². The average molecular weight is 273 g/mol. The molecule has 4 heteroatoms. The molecule has 1 unspecified atom stereocenters. The second-order valence-corrected chi connectivity index (χ2v) is 6.75. The Labute approximate surface area is 115 Å². The minimum atomic E-state index is -0.275. The summed E-state index contributed by atoms with van der Waals surface area (Å²) in [6.07, 6.45) is 7.53. The third-order valence-corrected chi connectivity index (χ3v) is 4.88. The lowest BCUT2D eigenvalue weighted by Crippen LogP contribution is -2.47. The molecule has 0 bridgehead atoms. The van der Waals surface area contributed by atoms with Crippen LogP contribution in [0, 0.1) is 11.3 Å². The van der Waals surface area contributed by atoms with Crippen LogP contribution in [0.3, 0.4) is 0 Å². The van der Waals surface area contributed by atoms with Gasteiger partial charge in [0.25, 0.3) is 0 Å². The lowest BCUT2D eigenvalue weighted by Gasteiger charge is -2.32. The molecule has 1 rings (SSSR count). The van der Waals surface area contributed by atoms with Crippen LogP contribution in [0.15, 0.2) is 0 Å². The van der Waals surface area contributed by atoms with Crippen molar-refractivity contribution >= 4 is 17.7 Å². The Morgan fingerprint density at radius 1 is 1.44 bits per heavy atom. The van der Waals surface area contributed by atoms with E-state index in [0.29, 0.717) is 12.3 Å². The highest BCUT2D eigenvalue weighted by Crippen LogP contribution is 2.39. The summed E-state index contributed by atoms with van der Waals surface area (Å²) in [7, 11) is 0. The maximum atomic E-state index is 12.4. The van der Waals surface area contributed by atoms with Crippen LogP contribution in [0.4, 0.5) is 0 Å². The molecule has 1 aliphatic rings. The van der Waals surface area contributed by atoms with E-state index in [2.05, 4.69) is 19.2 Å². The summed E-state index contributed by atoms with van der Waals surface area (Å²) in [5, 5.41) is 12.1. The minimum absolute atomic E-state index is 0.0955. The van der Waals surface area contributed by atoms with Crippen molar-refractivity contribution in [3.63, 3.8) is 0 Å². The number of hydrogen-bond acceptors (Lipinski definition) is 3. The third kappa shape index (κ3) is 4.16. The standard InChI is InChI=1S/C14H27NO2S/c1-14(2,11-6-4-5-7-11)13(17)15-12(8-9-16)10-18-3/h11-12,16H,4-10H2,1-3H3,(H,15,17). The van der Waals surface area contributed by atoms with E-state index >= 15 is 0 Å². The molecule has 1 aliphatic carbocycles. The molecule has 1 saturated carbocycles. The van der Waals surface area contributed by atoms with Crippen LogP contribution >= 0.6 is 11.8 Å². The highest BCUT2D eigenvalue weighted by molar-refractivity contribution is 7.98. The second-order valence-electron chi connectivity index (χ2n) is 5.84. The number of aliphatic hydroxyl groups is 1. The van der Waals surface area contributed by atoms with Crippen LogP contribution < -0.4 is 5.32 Å². The van der Waals surface area contributed by atoms with Crippen LogP contribution in [0.5, 0.6) is 0 Å². The van der Waals surface area contributed by atoms with Crippen LogP contribution in [0.1, 0.15) is 46.0 Å². The largest absolute Gasteiger partial charge is 0.396 e. The molecule has 1 atom stereocenters. The Morgan fingerprint density at radius 3 is 2.56 bits per heavy atom. The lowest BCUT2D eigenvalue weighted by molar-refractivity contribution is -0.132. The first-order chi connectivity index (χ1) is 8.52.